The maximum absolute atomic E-state index is 5.07. The smallest absolute Gasteiger partial charge is 0.0846 e. The van der Waals surface area contributed by atoms with Gasteiger partial charge in [-0.05, 0) is 32.2 Å². The zero-order valence-corrected chi connectivity index (χ0v) is 9.23. The van der Waals surface area contributed by atoms with Gasteiger partial charge in [-0.25, -0.2) is 0 Å². The van der Waals surface area contributed by atoms with E-state index in [0.29, 0.717) is 0 Å². The molecule has 0 radical (unpaired) electrons. The Morgan fingerprint density at radius 2 is 2.09 bits per heavy atom. The molecule has 0 aliphatic heterocycles. The maximum Gasteiger partial charge on any atom is 0.0846 e. The lowest BCUT2D eigenvalue weighted by Crippen LogP contribution is -2.19. The third kappa shape index (κ3) is 5.50. The van der Waals surface area contributed by atoms with E-state index in [1.807, 2.05) is 18.9 Å². The molecular formula is C8H17NS2. The molecule has 0 atom stereocenters. The number of unbranched alkanes of at least 4 members (excludes halogenated alkanes) is 1. The van der Waals surface area contributed by atoms with E-state index in [9.17, 15) is 0 Å². The van der Waals surface area contributed by atoms with Crippen molar-refractivity contribution in [3.8, 4) is 0 Å². The van der Waals surface area contributed by atoms with Gasteiger partial charge in [0.25, 0.3) is 0 Å². The summed E-state index contributed by atoms with van der Waals surface area (Å²) in [6, 6.07) is 0. The zero-order chi connectivity index (χ0) is 8.69. The van der Waals surface area contributed by atoms with E-state index in [0.717, 1.165) is 11.5 Å². The van der Waals surface area contributed by atoms with Crippen LogP contribution in [0.15, 0.2) is 0 Å². The van der Waals surface area contributed by atoms with E-state index in [-0.39, 0.29) is 0 Å². The fraction of sp³-hybridized carbons (Fsp3) is 0.875. The lowest BCUT2D eigenvalue weighted by Gasteiger charge is -2.19. The van der Waals surface area contributed by atoms with Crippen LogP contribution in [0.25, 0.3) is 0 Å². The van der Waals surface area contributed by atoms with Crippen LogP contribution in [0.3, 0.4) is 0 Å². The Morgan fingerprint density at radius 3 is 2.45 bits per heavy atom. The molecule has 3 heteroatoms. The van der Waals surface area contributed by atoms with Crippen LogP contribution in [0.5, 0.6) is 0 Å². The highest BCUT2D eigenvalue weighted by molar-refractivity contribution is 7.98. The zero-order valence-electron chi connectivity index (χ0n) is 7.59. The Kier molecular flexibility index (Phi) is 7.07. The van der Waals surface area contributed by atoms with Crippen molar-refractivity contribution in [2.45, 2.75) is 33.6 Å². The van der Waals surface area contributed by atoms with Gasteiger partial charge in [0.1, 0.15) is 0 Å². The Balaban J connectivity index is 3.44. The molecule has 1 nitrogen and oxygen atoms in total. The summed E-state index contributed by atoms with van der Waals surface area (Å²) < 4.78 is 2.17. The second kappa shape index (κ2) is 6.92. The molecule has 11 heavy (non-hydrogen) atoms. The maximum atomic E-state index is 5.07. The molecule has 0 fully saturated rings. The predicted octanol–water partition coefficient (Wildman–Crippen LogP) is 3.10. The fourth-order valence-corrected chi connectivity index (χ4v) is 2.01. The molecule has 0 spiro atoms. The number of thiocarbonyl (C=S) groups is 1. The van der Waals surface area contributed by atoms with Crippen molar-refractivity contribution in [1.82, 2.24) is 4.31 Å². The van der Waals surface area contributed by atoms with Gasteiger partial charge in [-0.3, -0.25) is 0 Å². The van der Waals surface area contributed by atoms with Gasteiger partial charge in [0, 0.05) is 12.3 Å². The molecular weight excluding hydrogens is 174 g/mol. The molecule has 0 heterocycles. The Morgan fingerprint density at radius 1 is 1.45 bits per heavy atom. The molecule has 0 aromatic carbocycles. The first kappa shape index (κ1) is 11.2. The van der Waals surface area contributed by atoms with Crippen molar-refractivity contribution in [3.63, 3.8) is 0 Å². The molecule has 66 valence electrons. The van der Waals surface area contributed by atoms with E-state index in [2.05, 4.69) is 18.2 Å². The van der Waals surface area contributed by atoms with E-state index in [4.69, 9.17) is 12.2 Å². The monoisotopic (exact) mass is 191 g/mol. The minimum Gasteiger partial charge on any atom is -0.311 e. The summed E-state index contributed by atoms with van der Waals surface area (Å²) in [5.41, 5.74) is 0. The summed E-state index contributed by atoms with van der Waals surface area (Å²) in [5.74, 6) is 1.19. The minimum absolute atomic E-state index is 0.994. The van der Waals surface area contributed by atoms with Gasteiger partial charge < -0.3 is 4.31 Å². The highest BCUT2D eigenvalue weighted by Crippen LogP contribution is 2.12. The van der Waals surface area contributed by atoms with Gasteiger partial charge in [0.2, 0.25) is 0 Å². The highest BCUT2D eigenvalue weighted by atomic mass is 32.2. The standard InChI is InChI=1S/C8H17NS2/c1-4-6-7-11-9(5-2)8(3)10/h4-7H2,1-3H3. The molecule has 0 aromatic rings. The van der Waals surface area contributed by atoms with Gasteiger partial charge >= 0.3 is 0 Å². The van der Waals surface area contributed by atoms with Crippen LogP contribution >= 0.6 is 24.2 Å². The molecule has 0 saturated heterocycles. The second-order valence-electron chi connectivity index (χ2n) is 2.40. The molecule has 0 aliphatic carbocycles. The predicted molar refractivity (Wildman–Crippen MR) is 58.0 cm³/mol. The van der Waals surface area contributed by atoms with Crippen molar-refractivity contribution in [3.05, 3.63) is 0 Å². The Hall–Kier alpha value is 0.240. The van der Waals surface area contributed by atoms with Gasteiger partial charge in [-0.2, -0.15) is 0 Å². The lowest BCUT2D eigenvalue weighted by atomic mass is 10.4. The van der Waals surface area contributed by atoms with E-state index in [1.54, 1.807) is 0 Å². The second-order valence-corrected chi connectivity index (χ2v) is 4.10. The van der Waals surface area contributed by atoms with Crippen molar-refractivity contribution in [1.29, 1.82) is 0 Å². The third-order valence-corrected chi connectivity index (χ3v) is 3.03. The van der Waals surface area contributed by atoms with Crippen LogP contribution in [-0.4, -0.2) is 21.6 Å². The Bertz CT molecular complexity index is 115. The summed E-state index contributed by atoms with van der Waals surface area (Å²) in [6.45, 7) is 7.34. The summed E-state index contributed by atoms with van der Waals surface area (Å²) in [5, 5.41) is 0. The van der Waals surface area contributed by atoms with Crippen molar-refractivity contribution < 1.29 is 0 Å². The van der Waals surface area contributed by atoms with Crippen LogP contribution in [0.1, 0.15) is 33.6 Å². The largest absolute Gasteiger partial charge is 0.311 e. The van der Waals surface area contributed by atoms with Gasteiger partial charge in [-0.1, -0.05) is 25.6 Å². The Labute approximate surface area is 79.7 Å². The fourth-order valence-electron chi connectivity index (χ4n) is 0.724. The first-order chi connectivity index (χ1) is 5.22. The van der Waals surface area contributed by atoms with E-state index >= 15 is 0 Å². The summed E-state index contributed by atoms with van der Waals surface area (Å²) in [7, 11) is 0. The highest BCUT2D eigenvalue weighted by Gasteiger charge is 2.01. The van der Waals surface area contributed by atoms with E-state index in [1.165, 1.54) is 18.6 Å². The third-order valence-electron chi connectivity index (χ3n) is 1.38. The molecule has 0 rings (SSSR count). The molecule has 0 aliphatic rings. The average Bonchev–Trinajstić information content (AvgIpc) is 1.97. The van der Waals surface area contributed by atoms with E-state index < -0.39 is 0 Å². The van der Waals surface area contributed by atoms with Gasteiger partial charge in [0.15, 0.2) is 0 Å². The van der Waals surface area contributed by atoms with Gasteiger partial charge in [-0.15, -0.1) is 0 Å². The first-order valence-electron chi connectivity index (χ1n) is 4.13. The number of hydrogen-bond donors (Lipinski definition) is 0. The molecule has 0 unspecified atom stereocenters. The molecule has 0 aromatic heterocycles. The topological polar surface area (TPSA) is 3.24 Å². The van der Waals surface area contributed by atoms with Crippen LogP contribution in [0.4, 0.5) is 0 Å². The molecule has 0 N–H and O–H groups in total. The van der Waals surface area contributed by atoms with Crippen LogP contribution in [-0.2, 0) is 0 Å². The van der Waals surface area contributed by atoms with Crippen molar-refractivity contribution in [2.75, 3.05) is 12.3 Å². The quantitative estimate of drug-likeness (QED) is 0.373. The molecule has 0 saturated carbocycles. The lowest BCUT2D eigenvalue weighted by molar-refractivity contribution is 0.718. The SMILES string of the molecule is CCCCSN(CC)C(C)=S. The summed E-state index contributed by atoms with van der Waals surface area (Å²) in [4.78, 5) is 0.994. The van der Waals surface area contributed by atoms with Crippen LogP contribution in [0, 0.1) is 0 Å². The minimum atomic E-state index is 0.994. The van der Waals surface area contributed by atoms with Crippen LogP contribution in [0.2, 0.25) is 0 Å². The first-order valence-corrected chi connectivity index (χ1v) is 5.48. The van der Waals surface area contributed by atoms with Crippen LogP contribution < -0.4 is 0 Å². The molecule has 0 bridgehead atoms. The van der Waals surface area contributed by atoms with Crippen molar-refractivity contribution in [2.24, 2.45) is 0 Å². The number of nitrogens with zero attached hydrogens (tertiary/aromatic N) is 1. The van der Waals surface area contributed by atoms with Crippen molar-refractivity contribution >= 4 is 29.2 Å². The number of rotatable bonds is 5. The van der Waals surface area contributed by atoms with Gasteiger partial charge in [0.05, 0.1) is 4.99 Å². The summed E-state index contributed by atoms with van der Waals surface area (Å²) in [6.07, 6.45) is 2.55. The number of hydrogen-bond acceptors (Lipinski definition) is 2. The summed E-state index contributed by atoms with van der Waals surface area (Å²) >= 11 is 6.92. The normalized spacial score (nSPS) is 9.73. The molecule has 0 amide bonds. The average molecular weight is 191 g/mol.